The number of fused-ring (bicyclic) bond motifs is 1. The molecule has 1 aliphatic rings. The lowest BCUT2D eigenvalue weighted by atomic mass is 9.94. The Bertz CT molecular complexity index is 1070. The van der Waals surface area contributed by atoms with Crippen molar-refractivity contribution in [2.45, 2.75) is 40.5 Å². The summed E-state index contributed by atoms with van der Waals surface area (Å²) in [6.45, 7) is 10.1. The van der Waals surface area contributed by atoms with E-state index in [1.165, 1.54) is 21.4 Å². The highest BCUT2D eigenvalue weighted by Gasteiger charge is 2.30. The van der Waals surface area contributed by atoms with Gasteiger partial charge in [0.1, 0.15) is 17.0 Å². The summed E-state index contributed by atoms with van der Waals surface area (Å²) in [7, 11) is 1.90. The molecular weight excluding hydrogens is 380 g/mol. The molecule has 2 aromatic heterocycles. The van der Waals surface area contributed by atoms with Crippen molar-refractivity contribution >= 4 is 39.0 Å². The molecule has 3 heterocycles. The third-order valence-electron chi connectivity index (χ3n) is 6.15. The SMILES string of the molecule is Cc1ccc(C)c(N(C)C(=O)C2CCN(c3ncnc4sc(C)c(C)c34)CC2)c1. The lowest BCUT2D eigenvalue weighted by Gasteiger charge is -2.34. The number of aromatic nitrogens is 2. The summed E-state index contributed by atoms with van der Waals surface area (Å²) in [4.78, 5) is 28.7. The van der Waals surface area contributed by atoms with Gasteiger partial charge in [0.25, 0.3) is 0 Å². The Labute approximate surface area is 176 Å². The Morgan fingerprint density at radius 2 is 1.86 bits per heavy atom. The van der Waals surface area contributed by atoms with Gasteiger partial charge in [0, 0.05) is 36.6 Å². The number of carbonyl (C=O) groups excluding carboxylic acids is 1. The van der Waals surface area contributed by atoms with Gasteiger partial charge >= 0.3 is 0 Å². The van der Waals surface area contributed by atoms with Crippen LogP contribution in [0.3, 0.4) is 0 Å². The monoisotopic (exact) mass is 408 g/mol. The minimum Gasteiger partial charge on any atom is -0.356 e. The summed E-state index contributed by atoms with van der Waals surface area (Å²) >= 11 is 1.73. The molecule has 6 heteroatoms. The number of nitrogens with zero attached hydrogens (tertiary/aromatic N) is 4. The normalized spacial score (nSPS) is 15.1. The summed E-state index contributed by atoms with van der Waals surface area (Å²) in [5.41, 5.74) is 4.60. The van der Waals surface area contributed by atoms with Crippen molar-refractivity contribution in [3.63, 3.8) is 0 Å². The van der Waals surface area contributed by atoms with Crippen molar-refractivity contribution in [2.75, 3.05) is 29.9 Å². The Morgan fingerprint density at radius 3 is 2.59 bits per heavy atom. The van der Waals surface area contributed by atoms with E-state index in [2.05, 4.69) is 60.8 Å². The maximum atomic E-state index is 13.2. The van der Waals surface area contributed by atoms with Gasteiger partial charge in [-0.15, -0.1) is 11.3 Å². The van der Waals surface area contributed by atoms with Crippen LogP contribution in [0.2, 0.25) is 0 Å². The fourth-order valence-corrected chi connectivity index (χ4v) is 5.21. The van der Waals surface area contributed by atoms with Gasteiger partial charge in [-0.3, -0.25) is 4.79 Å². The second-order valence-electron chi connectivity index (χ2n) is 8.11. The maximum Gasteiger partial charge on any atom is 0.229 e. The van der Waals surface area contributed by atoms with Crippen molar-refractivity contribution in [3.8, 4) is 0 Å². The molecule has 5 nitrogen and oxygen atoms in total. The molecule has 29 heavy (non-hydrogen) atoms. The number of amides is 1. The molecule has 0 saturated carbocycles. The minimum absolute atomic E-state index is 0.0544. The van der Waals surface area contributed by atoms with Crippen molar-refractivity contribution in [3.05, 3.63) is 46.1 Å². The van der Waals surface area contributed by atoms with Crippen LogP contribution in [-0.4, -0.2) is 36.0 Å². The standard InChI is InChI=1S/C23H28N4OS/c1-14-6-7-15(2)19(12-14)26(5)23(28)18-8-10-27(11-9-18)21-20-16(3)17(4)29-22(20)25-13-24-21/h6-7,12-13,18H,8-11H2,1-5H3. The highest BCUT2D eigenvalue weighted by Crippen LogP contribution is 2.36. The van der Waals surface area contributed by atoms with Crippen molar-refractivity contribution in [2.24, 2.45) is 5.92 Å². The summed E-state index contributed by atoms with van der Waals surface area (Å²) in [6, 6.07) is 6.27. The molecule has 0 unspecified atom stereocenters. The summed E-state index contributed by atoms with van der Waals surface area (Å²) in [6.07, 6.45) is 3.36. The van der Waals surface area contributed by atoms with Crippen LogP contribution in [0.1, 0.15) is 34.4 Å². The fourth-order valence-electron chi connectivity index (χ4n) is 4.22. The number of carbonyl (C=O) groups is 1. The molecule has 3 aromatic rings. The molecule has 1 fully saturated rings. The molecule has 0 N–H and O–H groups in total. The molecule has 1 amide bonds. The Hall–Kier alpha value is -2.47. The van der Waals surface area contributed by atoms with Crippen molar-refractivity contribution < 1.29 is 4.79 Å². The van der Waals surface area contributed by atoms with Crippen molar-refractivity contribution in [1.29, 1.82) is 0 Å². The Kier molecular flexibility index (Phi) is 5.30. The van der Waals surface area contributed by atoms with E-state index < -0.39 is 0 Å². The number of aryl methyl sites for hydroxylation is 4. The van der Waals surface area contributed by atoms with Crippen LogP contribution in [0.5, 0.6) is 0 Å². The second kappa shape index (κ2) is 7.75. The third kappa shape index (κ3) is 3.62. The van der Waals surface area contributed by atoms with E-state index in [0.717, 1.165) is 47.8 Å². The van der Waals surface area contributed by atoms with E-state index in [4.69, 9.17) is 0 Å². The number of hydrogen-bond donors (Lipinski definition) is 0. The maximum absolute atomic E-state index is 13.2. The molecule has 4 rings (SSSR count). The molecule has 152 valence electrons. The zero-order valence-electron chi connectivity index (χ0n) is 17.8. The molecule has 1 aliphatic heterocycles. The summed E-state index contributed by atoms with van der Waals surface area (Å²) in [5.74, 6) is 1.29. The first-order valence-electron chi connectivity index (χ1n) is 10.2. The second-order valence-corrected chi connectivity index (χ2v) is 9.31. The molecule has 0 aliphatic carbocycles. The molecule has 1 saturated heterocycles. The van der Waals surface area contributed by atoms with E-state index in [-0.39, 0.29) is 11.8 Å². The number of benzene rings is 1. The third-order valence-corrected chi connectivity index (χ3v) is 7.26. The van der Waals surface area contributed by atoms with Crippen LogP contribution in [0.4, 0.5) is 11.5 Å². The van der Waals surface area contributed by atoms with Gasteiger partial charge in [-0.25, -0.2) is 9.97 Å². The number of anilines is 2. The van der Waals surface area contributed by atoms with Crippen LogP contribution in [0.15, 0.2) is 24.5 Å². The van der Waals surface area contributed by atoms with Crippen LogP contribution in [-0.2, 0) is 4.79 Å². The van der Waals surface area contributed by atoms with Gasteiger partial charge in [-0.2, -0.15) is 0 Å². The summed E-state index contributed by atoms with van der Waals surface area (Å²) < 4.78 is 0. The van der Waals surface area contributed by atoms with E-state index in [0.29, 0.717) is 0 Å². The summed E-state index contributed by atoms with van der Waals surface area (Å²) in [5, 5.41) is 1.17. The lowest BCUT2D eigenvalue weighted by Crippen LogP contribution is -2.42. The van der Waals surface area contributed by atoms with Crippen LogP contribution in [0, 0.1) is 33.6 Å². The van der Waals surface area contributed by atoms with Gasteiger partial charge < -0.3 is 9.80 Å². The number of rotatable bonds is 3. The molecular formula is C23H28N4OS. The first-order valence-corrected chi connectivity index (χ1v) is 11.0. The van der Waals surface area contributed by atoms with E-state index >= 15 is 0 Å². The molecule has 1 aromatic carbocycles. The quantitative estimate of drug-likeness (QED) is 0.624. The highest BCUT2D eigenvalue weighted by atomic mass is 32.1. The predicted octanol–water partition coefficient (Wildman–Crippen LogP) is 4.80. The van der Waals surface area contributed by atoms with Gasteiger partial charge in [0.2, 0.25) is 5.91 Å². The van der Waals surface area contributed by atoms with Crippen LogP contribution < -0.4 is 9.80 Å². The van der Waals surface area contributed by atoms with Crippen LogP contribution in [0.25, 0.3) is 10.2 Å². The van der Waals surface area contributed by atoms with E-state index in [9.17, 15) is 4.79 Å². The Morgan fingerprint density at radius 1 is 1.14 bits per heavy atom. The molecule has 0 bridgehead atoms. The number of hydrogen-bond acceptors (Lipinski definition) is 5. The van der Waals surface area contributed by atoms with E-state index in [1.54, 1.807) is 17.7 Å². The first kappa shape index (κ1) is 19.8. The fraction of sp³-hybridized carbons (Fsp3) is 0.435. The smallest absolute Gasteiger partial charge is 0.229 e. The zero-order valence-corrected chi connectivity index (χ0v) is 18.6. The van der Waals surface area contributed by atoms with Gasteiger partial charge in [0.15, 0.2) is 0 Å². The molecule has 0 atom stereocenters. The van der Waals surface area contributed by atoms with Crippen LogP contribution >= 0.6 is 11.3 Å². The number of piperidine rings is 1. The largest absolute Gasteiger partial charge is 0.356 e. The zero-order chi connectivity index (χ0) is 20.7. The highest BCUT2D eigenvalue weighted by molar-refractivity contribution is 7.18. The average molecular weight is 409 g/mol. The van der Waals surface area contributed by atoms with Gasteiger partial charge in [-0.1, -0.05) is 12.1 Å². The predicted molar refractivity (Wildman–Crippen MR) is 121 cm³/mol. The molecule has 0 spiro atoms. The van der Waals surface area contributed by atoms with E-state index in [1.807, 2.05) is 11.9 Å². The van der Waals surface area contributed by atoms with Gasteiger partial charge in [0.05, 0.1) is 5.39 Å². The topological polar surface area (TPSA) is 49.3 Å². The lowest BCUT2D eigenvalue weighted by molar-refractivity contribution is -0.122. The van der Waals surface area contributed by atoms with Gasteiger partial charge in [-0.05, 0) is 63.3 Å². The number of thiophene rings is 1. The minimum atomic E-state index is 0.0544. The van der Waals surface area contributed by atoms with Crippen molar-refractivity contribution in [1.82, 2.24) is 9.97 Å². The molecule has 0 radical (unpaired) electrons. The first-order chi connectivity index (χ1) is 13.9. The average Bonchev–Trinajstić information content (AvgIpc) is 3.03. The Balaban J connectivity index is 1.50.